The number of aryl methyl sites for hydroxylation is 1. The number of nitrogens with two attached hydrogens (primary N) is 1. The maximum Gasteiger partial charge on any atom is 0.276 e. The molecule has 0 spiro atoms. The zero-order chi connectivity index (χ0) is 32.4. The summed E-state index contributed by atoms with van der Waals surface area (Å²) in [5.74, 6) is 0.411. The van der Waals surface area contributed by atoms with E-state index < -0.39 is 12.9 Å². The van der Waals surface area contributed by atoms with Gasteiger partial charge in [-0.3, -0.25) is 4.79 Å². The number of halogens is 4. The highest BCUT2D eigenvalue weighted by Gasteiger charge is 2.17. The van der Waals surface area contributed by atoms with Gasteiger partial charge >= 0.3 is 0 Å². The Bertz CT molecular complexity index is 2170. The van der Waals surface area contributed by atoms with E-state index in [4.69, 9.17) is 5.73 Å². The molecule has 8 nitrogen and oxygen atoms in total. The molecule has 5 N–H and O–H groups in total. The highest BCUT2D eigenvalue weighted by atomic mass is 32.1. The third-order valence-electron chi connectivity index (χ3n) is 7.20. The van der Waals surface area contributed by atoms with Gasteiger partial charge in [-0.2, -0.15) is 0 Å². The first-order valence-electron chi connectivity index (χ1n) is 13.9. The van der Waals surface area contributed by atoms with Crippen molar-refractivity contribution in [2.24, 2.45) is 0 Å². The Morgan fingerprint density at radius 3 is 1.87 bits per heavy atom. The molecule has 0 unspecified atom stereocenters. The Balaban J connectivity index is 0.000000172. The van der Waals surface area contributed by atoms with Gasteiger partial charge in [0.2, 0.25) is 0 Å². The minimum atomic E-state index is -2.57. The van der Waals surface area contributed by atoms with Crippen molar-refractivity contribution in [3.63, 3.8) is 0 Å². The number of fused-ring (bicyclic) bond motifs is 2. The number of hydrogen-bond donors (Lipinski definition) is 4. The summed E-state index contributed by atoms with van der Waals surface area (Å²) in [5, 5.41) is 4.31. The van der Waals surface area contributed by atoms with E-state index in [1.807, 2.05) is 6.92 Å². The van der Waals surface area contributed by atoms with Crippen LogP contribution in [0.1, 0.15) is 39.3 Å². The normalized spacial score (nSPS) is 11.3. The maximum absolute atomic E-state index is 13.3. The highest BCUT2D eigenvalue weighted by molar-refractivity contribution is 7.09. The molecule has 7 aromatic rings. The van der Waals surface area contributed by atoms with Crippen LogP contribution < -0.4 is 11.1 Å². The standard InChI is InChI=1S/C19H14F2N4OS.C14H11F2N3/c1-10-17(23-9-27-10)19(26)25-16-7-14-11(8-22-16)6-15(24-14)12-4-2-3-5-13(12)18(20)21;15-14(16)10-4-2-1-3-9(10)12-5-8-7-18-13(17)6-11(8)19-12/h2-9,18,24H,1H3,(H,22,25,26);1-7,14,19H,(H2,17,18). The number of anilines is 2. The van der Waals surface area contributed by atoms with Crippen LogP contribution in [-0.4, -0.2) is 30.8 Å². The SMILES string of the molecule is Cc1scnc1C(=O)Nc1cc2[nH]c(-c3ccccc3C(F)F)cc2cn1.Nc1cc2[nH]c(-c3ccccc3C(F)F)cc2cn1. The number of amides is 1. The second kappa shape index (κ2) is 12.8. The summed E-state index contributed by atoms with van der Waals surface area (Å²) < 4.78 is 52.5. The quantitative estimate of drug-likeness (QED) is 0.135. The lowest BCUT2D eigenvalue weighted by molar-refractivity contribution is 0.102. The minimum absolute atomic E-state index is 0.00925. The predicted molar refractivity (Wildman–Crippen MR) is 172 cm³/mol. The van der Waals surface area contributed by atoms with Crippen LogP contribution in [0.3, 0.4) is 0 Å². The molecule has 5 aromatic heterocycles. The lowest BCUT2D eigenvalue weighted by atomic mass is 10.1. The molecule has 0 aliphatic carbocycles. The number of aromatic nitrogens is 5. The van der Waals surface area contributed by atoms with E-state index in [0.717, 1.165) is 21.2 Å². The number of nitrogens with one attached hydrogen (secondary N) is 3. The van der Waals surface area contributed by atoms with E-state index in [0.29, 0.717) is 45.4 Å². The first kappa shape index (κ1) is 30.5. The zero-order valence-electron chi connectivity index (χ0n) is 24.1. The van der Waals surface area contributed by atoms with E-state index >= 15 is 0 Å². The molecule has 7 rings (SSSR count). The van der Waals surface area contributed by atoms with Crippen LogP contribution in [0.5, 0.6) is 0 Å². The third-order valence-corrected chi connectivity index (χ3v) is 7.96. The van der Waals surface area contributed by atoms with Crippen molar-refractivity contribution in [1.82, 2.24) is 24.9 Å². The number of H-pyrrole nitrogens is 2. The van der Waals surface area contributed by atoms with Crippen molar-refractivity contribution >= 4 is 50.7 Å². The molecule has 13 heteroatoms. The molecule has 46 heavy (non-hydrogen) atoms. The predicted octanol–water partition coefficient (Wildman–Crippen LogP) is 8.93. The molecule has 0 aliphatic heterocycles. The first-order valence-corrected chi connectivity index (χ1v) is 14.7. The summed E-state index contributed by atoms with van der Waals surface area (Å²) >= 11 is 1.39. The van der Waals surface area contributed by atoms with E-state index in [-0.39, 0.29) is 17.0 Å². The number of carbonyl (C=O) groups excluding carboxylic acids is 1. The maximum atomic E-state index is 13.3. The van der Waals surface area contributed by atoms with Gasteiger partial charge in [-0.05, 0) is 19.1 Å². The molecule has 0 aliphatic rings. The zero-order valence-corrected chi connectivity index (χ0v) is 24.9. The van der Waals surface area contributed by atoms with Gasteiger partial charge in [-0.15, -0.1) is 11.3 Å². The van der Waals surface area contributed by atoms with Crippen molar-refractivity contribution in [2.45, 2.75) is 19.8 Å². The lowest BCUT2D eigenvalue weighted by Gasteiger charge is -2.06. The molecule has 0 saturated heterocycles. The third kappa shape index (κ3) is 6.31. The van der Waals surface area contributed by atoms with Crippen LogP contribution in [0.25, 0.3) is 44.3 Å². The number of aromatic amines is 2. The minimum Gasteiger partial charge on any atom is -0.384 e. The topological polar surface area (TPSA) is 125 Å². The number of hydrogen-bond acceptors (Lipinski definition) is 6. The summed E-state index contributed by atoms with van der Waals surface area (Å²) in [5.41, 5.74) is 11.2. The number of nitrogens with zero attached hydrogens (tertiary/aromatic N) is 3. The molecular formula is C33H25F4N7OS. The fourth-order valence-corrected chi connectivity index (χ4v) is 5.56. The average Bonchev–Trinajstić information content (AvgIpc) is 3.79. The van der Waals surface area contributed by atoms with E-state index in [2.05, 4.69) is 30.2 Å². The number of nitrogen functional groups attached to an aromatic ring is 1. The smallest absolute Gasteiger partial charge is 0.276 e. The van der Waals surface area contributed by atoms with Crippen molar-refractivity contribution < 1.29 is 22.4 Å². The molecule has 0 fully saturated rings. The molecule has 1 amide bonds. The lowest BCUT2D eigenvalue weighted by Crippen LogP contribution is -2.14. The van der Waals surface area contributed by atoms with Crippen LogP contribution >= 0.6 is 11.3 Å². The molecule has 0 bridgehead atoms. The number of rotatable bonds is 6. The molecular weight excluding hydrogens is 618 g/mol. The van der Waals surface area contributed by atoms with Crippen molar-refractivity contribution in [3.05, 3.63) is 112 Å². The number of thiazole rings is 1. The first-order chi connectivity index (χ1) is 22.2. The van der Waals surface area contributed by atoms with E-state index in [1.54, 1.807) is 78.6 Å². The summed E-state index contributed by atoms with van der Waals surface area (Å²) in [7, 11) is 0. The molecule has 232 valence electrons. The summed E-state index contributed by atoms with van der Waals surface area (Å²) in [6.07, 6.45) is -1.87. The second-order valence-corrected chi connectivity index (χ2v) is 11.3. The molecule has 0 saturated carbocycles. The van der Waals surface area contributed by atoms with Crippen molar-refractivity contribution in [2.75, 3.05) is 11.1 Å². The number of pyridine rings is 2. The van der Waals surface area contributed by atoms with Gasteiger partial charge < -0.3 is 21.0 Å². The van der Waals surface area contributed by atoms with Crippen LogP contribution in [0.2, 0.25) is 0 Å². The van der Waals surface area contributed by atoms with Crippen LogP contribution in [0.15, 0.2) is 90.7 Å². The number of carbonyl (C=O) groups is 1. The van der Waals surface area contributed by atoms with Gasteiger partial charge in [0.25, 0.3) is 18.8 Å². The van der Waals surface area contributed by atoms with Gasteiger partial charge in [-0.1, -0.05) is 48.5 Å². The summed E-state index contributed by atoms with van der Waals surface area (Å²) in [6.45, 7) is 1.82. The Hall–Kier alpha value is -5.56. The van der Waals surface area contributed by atoms with Gasteiger partial charge in [0.15, 0.2) is 0 Å². The molecule has 0 radical (unpaired) electrons. The largest absolute Gasteiger partial charge is 0.384 e. The summed E-state index contributed by atoms with van der Waals surface area (Å²) in [4.78, 5) is 31.6. The Labute approximate surface area is 263 Å². The monoisotopic (exact) mass is 643 g/mol. The Kier molecular flexibility index (Phi) is 8.49. The molecule has 2 aromatic carbocycles. The summed E-state index contributed by atoms with van der Waals surface area (Å²) in [6, 6.07) is 19.7. The van der Waals surface area contributed by atoms with Crippen molar-refractivity contribution in [1.29, 1.82) is 0 Å². The number of benzene rings is 2. The van der Waals surface area contributed by atoms with Crippen LogP contribution in [0.4, 0.5) is 29.2 Å². The van der Waals surface area contributed by atoms with E-state index in [9.17, 15) is 22.4 Å². The fraction of sp³-hybridized carbons (Fsp3) is 0.0909. The van der Waals surface area contributed by atoms with Crippen LogP contribution in [0, 0.1) is 6.92 Å². The average molecular weight is 644 g/mol. The van der Waals surface area contributed by atoms with Gasteiger partial charge in [0.1, 0.15) is 17.3 Å². The molecule has 0 atom stereocenters. The Morgan fingerprint density at radius 2 is 1.33 bits per heavy atom. The number of alkyl halides is 4. The van der Waals surface area contributed by atoms with Gasteiger partial charge in [0, 0.05) is 73.8 Å². The van der Waals surface area contributed by atoms with E-state index in [1.165, 1.54) is 23.5 Å². The highest BCUT2D eigenvalue weighted by Crippen LogP contribution is 2.34. The van der Waals surface area contributed by atoms with Crippen molar-refractivity contribution in [3.8, 4) is 22.5 Å². The van der Waals surface area contributed by atoms with Gasteiger partial charge in [0.05, 0.1) is 16.5 Å². The van der Waals surface area contributed by atoms with Gasteiger partial charge in [-0.25, -0.2) is 32.5 Å². The second-order valence-electron chi connectivity index (χ2n) is 10.2. The van der Waals surface area contributed by atoms with Crippen LogP contribution in [-0.2, 0) is 0 Å². The molecule has 5 heterocycles. The Morgan fingerprint density at radius 1 is 0.783 bits per heavy atom. The fourth-order valence-electron chi connectivity index (χ4n) is 4.99.